The van der Waals surface area contributed by atoms with E-state index < -0.39 is 6.10 Å². The van der Waals surface area contributed by atoms with E-state index in [1.807, 2.05) is 17.9 Å². The van der Waals surface area contributed by atoms with E-state index in [-0.39, 0.29) is 18.4 Å². The van der Waals surface area contributed by atoms with Crippen LogP contribution in [0, 0.1) is 0 Å². The van der Waals surface area contributed by atoms with Gasteiger partial charge in [0.1, 0.15) is 6.10 Å². The van der Waals surface area contributed by atoms with E-state index in [9.17, 15) is 9.59 Å². The molecule has 1 saturated carbocycles. The molecule has 1 fully saturated rings. The van der Waals surface area contributed by atoms with Gasteiger partial charge in [-0.05, 0) is 25.3 Å². The van der Waals surface area contributed by atoms with Crippen molar-refractivity contribution in [1.29, 1.82) is 0 Å². The Morgan fingerprint density at radius 2 is 2.12 bits per heavy atom. The van der Waals surface area contributed by atoms with E-state index in [4.69, 9.17) is 9.47 Å². The van der Waals surface area contributed by atoms with E-state index in [0.29, 0.717) is 36.0 Å². The van der Waals surface area contributed by atoms with Gasteiger partial charge in [-0.2, -0.15) is 0 Å². The number of amides is 2. The van der Waals surface area contributed by atoms with Gasteiger partial charge >= 0.3 is 0 Å². The number of nitrogens with zero attached hydrogens (tertiary/aromatic N) is 2. The van der Waals surface area contributed by atoms with Gasteiger partial charge in [-0.1, -0.05) is 19.8 Å². The minimum atomic E-state index is -0.483. The maximum atomic E-state index is 12.8. The number of pyridine rings is 1. The van der Waals surface area contributed by atoms with Crippen molar-refractivity contribution in [3.8, 4) is 5.88 Å². The number of rotatable bonds is 7. The van der Waals surface area contributed by atoms with Crippen molar-refractivity contribution in [2.24, 2.45) is 0 Å². The molecule has 1 aromatic rings. The summed E-state index contributed by atoms with van der Waals surface area (Å²) in [5.41, 5.74) is 2.09. The second kappa shape index (κ2) is 8.03. The Bertz CT molecular complexity index is 682. The van der Waals surface area contributed by atoms with Crippen LogP contribution in [0.4, 0.5) is 0 Å². The maximum absolute atomic E-state index is 12.8. The Hall–Kier alpha value is -2.15. The number of ether oxygens (including phenoxy) is 2. The number of carbonyl (C=O) groups is 2. The average molecular weight is 361 g/mol. The smallest absolute Gasteiger partial charge is 0.256 e. The lowest BCUT2D eigenvalue weighted by Crippen LogP contribution is -2.35. The molecule has 1 N–H and O–H groups in total. The van der Waals surface area contributed by atoms with Crippen LogP contribution in [0.2, 0.25) is 0 Å². The van der Waals surface area contributed by atoms with Crippen LogP contribution >= 0.6 is 0 Å². The van der Waals surface area contributed by atoms with E-state index in [2.05, 4.69) is 10.3 Å². The van der Waals surface area contributed by atoms with Crippen LogP contribution in [0.3, 0.4) is 0 Å². The number of hydrogen-bond acceptors (Lipinski definition) is 5. The van der Waals surface area contributed by atoms with Gasteiger partial charge in [0.2, 0.25) is 11.8 Å². The number of hydrogen-bond donors (Lipinski definition) is 1. The normalized spacial score (nSPS) is 18.1. The lowest BCUT2D eigenvalue weighted by molar-refractivity contribution is -0.131. The molecule has 1 unspecified atom stereocenters. The zero-order chi connectivity index (χ0) is 18.7. The highest BCUT2D eigenvalue weighted by Gasteiger charge is 2.36. The second-order valence-corrected chi connectivity index (χ2v) is 6.87. The Morgan fingerprint density at radius 3 is 2.73 bits per heavy atom. The van der Waals surface area contributed by atoms with E-state index in [0.717, 1.165) is 18.5 Å². The van der Waals surface area contributed by atoms with Crippen molar-refractivity contribution in [2.75, 3.05) is 14.2 Å². The molecule has 3 rings (SSSR count). The van der Waals surface area contributed by atoms with Crippen molar-refractivity contribution in [1.82, 2.24) is 15.2 Å². The fourth-order valence-electron chi connectivity index (χ4n) is 3.84. The Labute approximate surface area is 154 Å². The first kappa shape index (κ1) is 18.6. The highest BCUT2D eigenvalue weighted by atomic mass is 16.5. The summed E-state index contributed by atoms with van der Waals surface area (Å²) < 4.78 is 10.5. The van der Waals surface area contributed by atoms with Gasteiger partial charge in [0, 0.05) is 25.3 Å². The largest absolute Gasteiger partial charge is 0.481 e. The van der Waals surface area contributed by atoms with E-state index in [1.54, 1.807) is 7.11 Å². The predicted octanol–water partition coefficient (Wildman–Crippen LogP) is 2.03. The topological polar surface area (TPSA) is 80.8 Å². The van der Waals surface area contributed by atoms with Crippen LogP contribution in [-0.4, -0.2) is 48.1 Å². The maximum Gasteiger partial charge on any atom is 0.256 e. The van der Waals surface area contributed by atoms with Crippen LogP contribution in [0.25, 0.3) is 0 Å². The van der Waals surface area contributed by atoms with E-state index >= 15 is 0 Å². The summed E-state index contributed by atoms with van der Waals surface area (Å²) in [6.07, 6.45) is 4.59. The molecule has 2 aliphatic rings. The number of methoxy groups -OCH3 is 2. The van der Waals surface area contributed by atoms with Gasteiger partial charge in [0.15, 0.2) is 0 Å². The van der Waals surface area contributed by atoms with Crippen molar-refractivity contribution >= 4 is 11.8 Å². The first-order chi connectivity index (χ1) is 12.6. The van der Waals surface area contributed by atoms with Gasteiger partial charge in [-0.3, -0.25) is 9.59 Å². The molecule has 1 atom stereocenters. The zero-order valence-electron chi connectivity index (χ0n) is 15.7. The summed E-state index contributed by atoms with van der Waals surface area (Å²) in [5, 5.41) is 2.84. The lowest BCUT2D eigenvalue weighted by Gasteiger charge is -2.22. The predicted molar refractivity (Wildman–Crippen MR) is 95.9 cm³/mol. The molecule has 0 radical (unpaired) electrons. The molecular weight excluding hydrogens is 334 g/mol. The molecular formula is C19H27N3O4. The average Bonchev–Trinajstić information content (AvgIpc) is 3.28. The first-order valence-electron chi connectivity index (χ1n) is 9.27. The molecule has 7 heteroatoms. The quantitative estimate of drug-likeness (QED) is 0.804. The van der Waals surface area contributed by atoms with Crippen LogP contribution in [0.1, 0.15) is 60.6 Å². The van der Waals surface area contributed by atoms with Crippen LogP contribution in [0.5, 0.6) is 5.88 Å². The van der Waals surface area contributed by atoms with Gasteiger partial charge in [0.25, 0.3) is 5.91 Å². The van der Waals surface area contributed by atoms with Crippen molar-refractivity contribution < 1.29 is 19.1 Å². The second-order valence-electron chi connectivity index (χ2n) is 6.87. The monoisotopic (exact) mass is 361 g/mol. The highest BCUT2D eigenvalue weighted by molar-refractivity contribution is 5.98. The fraction of sp³-hybridized carbons (Fsp3) is 0.632. The molecule has 0 spiro atoms. The number of aromatic nitrogens is 1. The standard InChI is InChI=1S/C19H27N3O4/c1-4-16(25-2)17(23)20-10-12-9-14-15(21-18(12)26-3)11-22(19(14)24)13-7-5-6-8-13/h9,13,16H,4-8,10-11H2,1-3H3,(H,20,23). The minimum Gasteiger partial charge on any atom is -0.481 e. The summed E-state index contributed by atoms with van der Waals surface area (Å²) in [7, 11) is 3.07. The molecule has 1 aromatic heterocycles. The third kappa shape index (κ3) is 3.53. The molecule has 7 nitrogen and oxygen atoms in total. The number of nitrogens with one attached hydrogen (secondary N) is 1. The fourth-order valence-corrected chi connectivity index (χ4v) is 3.84. The summed E-state index contributed by atoms with van der Waals surface area (Å²) in [4.78, 5) is 31.4. The summed E-state index contributed by atoms with van der Waals surface area (Å²) >= 11 is 0. The number of fused-ring (bicyclic) bond motifs is 1. The van der Waals surface area contributed by atoms with Crippen LogP contribution in [0.15, 0.2) is 6.07 Å². The Kier molecular flexibility index (Phi) is 5.76. The van der Waals surface area contributed by atoms with Crippen LogP contribution < -0.4 is 10.1 Å². The van der Waals surface area contributed by atoms with Gasteiger partial charge in [-0.25, -0.2) is 4.98 Å². The summed E-state index contributed by atoms with van der Waals surface area (Å²) in [5.74, 6) is 0.310. The third-order valence-electron chi connectivity index (χ3n) is 5.31. The molecule has 2 amide bonds. The highest BCUT2D eigenvalue weighted by Crippen LogP contribution is 2.33. The Morgan fingerprint density at radius 1 is 1.38 bits per heavy atom. The molecule has 26 heavy (non-hydrogen) atoms. The molecule has 1 aliphatic carbocycles. The van der Waals surface area contributed by atoms with Gasteiger partial charge in [0.05, 0.1) is 24.9 Å². The zero-order valence-corrected chi connectivity index (χ0v) is 15.7. The molecule has 2 heterocycles. The van der Waals surface area contributed by atoms with Gasteiger partial charge < -0.3 is 19.7 Å². The molecule has 0 saturated heterocycles. The first-order valence-corrected chi connectivity index (χ1v) is 9.27. The van der Waals surface area contributed by atoms with Crippen molar-refractivity contribution in [2.45, 2.75) is 64.3 Å². The number of carbonyl (C=O) groups excluding carboxylic acids is 2. The lowest BCUT2D eigenvalue weighted by atomic mass is 10.1. The molecule has 0 bridgehead atoms. The van der Waals surface area contributed by atoms with E-state index in [1.165, 1.54) is 20.0 Å². The van der Waals surface area contributed by atoms with Crippen molar-refractivity contribution in [3.05, 3.63) is 22.9 Å². The van der Waals surface area contributed by atoms with Gasteiger partial charge in [-0.15, -0.1) is 0 Å². The van der Waals surface area contributed by atoms with Crippen LogP contribution in [-0.2, 0) is 22.6 Å². The molecule has 0 aromatic carbocycles. The summed E-state index contributed by atoms with van der Waals surface area (Å²) in [6.45, 7) is 2.68. The Balaban J connectivity index is 1.77. The molecule has 142 valence electrons. The third-order valence-corrected chi connectivity index (χ3v) is 5.31. The molecule has 1 aliphatic heterocycles. The minimum absolute atomic E-state index is 0.0398. The summed E-state index contributed by atoms with van der Waals surface area (Å²) in [6, 6.07) is 2.13. The SMILES string of the molecule is CCC(OC)C(=O)NCc1cc2c(nc1OC)CN(C1CCCC1)C2=O. The van der Waals surface area contributed by atoms with Crippen molar-refractivity contribution in [3.63, 3.8) is 0 Å².